The van der Waals surface area contributed by atoms with E-state index in [-0.39, 0.29) is 11.7 Å². The van der Waals surface area contributed by atoms with Crippen molar-refractivity contribution in [2.24, 2.45) is 0 Å². The molecule has 2 aromatic carbocycles. The predicted octanol–water partition coefficient (Wildman–Crippen LogP) is 3.63. The zero-order valence-corrected chi connectivity index (χ0v) is 13.3. The van der Waals surface area contributed by atoms with E-state index in [4.69, 9.17) is 4.74 Å². The van der Waals surface area contributed by atoms with Crippen molar-refractivity contribution in [2.45, 2.75) is 11.8 Å². The number of hydrogen-bond acceptors (Lipinski definition) is 4. The number of carbonyl (C=O) groups excluding carboxylic acids is 2. The number of amides is 1. The van der Waals surface area contributed by atoms with Crippen LogP contribution >= 0.6 is 11.8 Å². The van der Waals surface area contributed by atoms with Crippen molar-refractivity contribution in [1.29, 1.82) is 0 Å². The summed E-state index contributed by atoms with van der Waals surface area (Å²) >= 11 is 1.45. The Bertz CT molecular complexity index is 651. The maximum atomic E-state index is 11.9. The van der Waals surface area contributed by atoms with E-state index < -0.39 is 0 Å². The Labute approximate surface area is 133 Å². The summed E-state index contributed by atoms with van der Waals surface area (Å²) in [7, 11) is 1.62. The van der Waals surface area contributed by atoms with Crippen LogP contribution in [0.2, 0.25) is 0 Å². The first-order valence-corrected chi connectivity index (χ1v) is 7.75. The minimum absolute atomic E-state index is 0.00735. The first kappa shape index (κ1) is 16.1. The van der Waals surface area contributed by atoms with E-state index >= 15 is 0 Å². The fourth-order valence-corrected chi connectivity index (χ4v) is 2.50. The molecule has 2 aromatic rings. The van der Waals surface area contributed by atoms with Gasteiger partial charge in [-0.2, -0.15) is 0 Å². The standard InChI is InChI=1S/C17H17NO3S/c1-12(19)13-3-5-14(6-4-13)18-17(20)11-22-16-9-7-15(21-2)8-10-16/h3-10H,11H2,1-2H3,(H,18,20). The summed E-state index contributed by atoms with van der Waals surface area (Å²) in [4.78, 5) is 24.1. The van der Waals surface area contributed by atoms with Crippen LogP contribution in [0.15, 0.2) is 53.4 Å². The summed E-state index contributed by atoms with van der Waals surface area (Å²) in [6, 6.07) is 14.4. The Hall–Kier alpha value is -2.27. The van der Waals surface area contributed by atoms with E-state index in [1.165, 1.54) is 18.7 Å². The molecule has 0 bridgehead atoms. The number of ether oxygens (including phenoxy) is 1. The van der Waals surface area contributed by atoms with E-state index in [0.29, 0.717) is 17.0 Å². The average molecular weight is 315 g/mol. The minimum atomic E-state index is -0.0867. The van der Waals surface area contributed by atoms with Gasteiger partial charge in [-0.1, -0.05) is 0 Å². The van der Waals surface area contributed by atoms with Crippen molar-refractivity contribution in [1.82, 2.24) is 0 Å². The van der Waals surface area contributed by atoms with Gasteiger partial charge in [0.05, 0.1) is 12.9 Å². The number of benzene rings is 2. The number of rotatable bonds is 6. The highest BCUT2D eigenvalue weighted by atomic mass is 32.2. The van der Waals surface area contributed by atoms with Crippen LogP contribution in [-0.4, -0.2) is 24.6 Å². The fraction of sp³-hybridized carbons (Fsp3) is 0.176. The van der Waals surface area contributed by atoms with Crippen molar-refractivity contribution in [3.8, 4) is 5.75 Å². The van der Waals surface area contributed by atoms with E-state index in [1.54, 1.807) is 31.4 Å². The molecule has 0 radical (unpaired) electrons. The molecule has 0 aliphatic carbocycles. The number of thioether (sulfide) groups is 1. The third kappa shape index (κ3) is 4.63. The van der Waals surface area contributed by atoms with Crippen molar-refractivity contribution >= 4 is 29.1 Å². The lowest BCUT2D eigenvalue weighted by Gasteiger charge is -2.06. The van der Waals surface area contributed by atoms with Crippen LogP contribution in [0.5, 0.6) is 5.75 Å². The predicted molar refractivity (Wildman–Crippen MR) is 88.8 cm³/mol. The lowest BCUT2D eigenvalue weighted by atomic mass is 10.1. The molecule has 114 valence electrons. The number of Topliss-reactive ketones (excluding diaryl/α,β-unsaturated/α-hetero) is 1. The van der Waals surface area contributed by atoms with Gasteiger partial charge in [0, 0.05) is 16.1 Å². The van der Waals surface area contributed by atoms with Crippen molar-refractivity contribution in [3.05, 3.63) is 54.1 Å². The third-order valence-electron chi connectivity index (χ3n) is 3.00. The first-order chi connectivity index (χ1) is 10.6. The SMILES string of the molecule is COc1ccc(SCC(=O)Nc2ccc(C(C)=O)cc2)cc1. The normalized spacial score (nSPS) is 10.1. The molecule has 0 saturated carbocycles. The van der Waals surface area contributed by atoms with E-state index in [1.807, 2.05) is 24.3 Å². The number of ketones is 1. The van der Waals surface area contributed by atoms with Gasteiger partial charge < -0.3 is 10.1 Å². The van der Waals surface area contributed by atoms with Gasteiger partial charge in [-0.05, 0) is 55.5 Å². The van der Waals surface area contributed by atoms with Gasteiger partial charge in [0.1, 0.15) is 5.75 Å². The highest BCUT2D eigenvalue weighted by Gasteiger charge is 2.05. The average Bonchev–Trinajstić information content (AvgIpc) is 2.54. The van der Waals surface area contributed by atoms with Crippen LogP contribution in [0.3, 0.4) is 0 Å². The molecule has 0 unspecified atom stereocenters. The number of nitrogens with one attached hydrogen (secondary N) is 1. The second-order valence-corrected chi connectivity index (χ2v) is 5.69. The maximum absolute atomic E-state index is 11.9. The quantitative estimate of drug-likeness (QED) is 0.653. The van der Waals surface area contributed by atoms with E-state index in [0.717, 1.165) is 10.6 Å². The molecule has 5 heteroatoms. The molecule has 0 fully saturated rings. The molecule has 0 spiro atoms. The van der Waals surface area contributed by atoms with Gasteiger partial charge in [0.15, 0.2) is 5.78 Å². The van der Waals surface area contributed by atoms with Gasteiger partial charge in [0.25, 0.3) is 0 Å². The van der Waals surface area contributed by atoms with Gasteiger partial charge in [0.2, 0.25) is 5.91 Å². The lowest BCUT2D eigenvalue weighted by molar-refractivity contribution is -0.113. The maximum Gasteiger partial charge on any atom is 0.234 e. The van der Waals surface area contributed by atoms with Crippen LogP contribution in [0, 0.1) is 0 Å². The van der Waals surface area contributed by atoms with Crippen LogP contribution in [-0.2, 0) is 4.79 Å². The van der Waals surface area contributed by atoms with E-state index in [2.05, 4.69) is 5.32 Å². The van der Waals surface area contributed by atoms with Gasteiger partial charge in [-0.3, -0.25) is 9.59 Å². The van der Waals surface area contributed by atoms with Crippen molar-refractivity contribution in [2.75, 3.05) is 18.2 Å². The van der Waals surface area contributed by atoms with Gasteiger partial charge in [-0.25, -0.2) is 0 Å². The highest BCUT2D eigenvalue weighted by Crippen LogP contribution is 2.21. The highest BCUT2D eigenvalue weighted by molar-refractivity contribution is 8.00. The summed E-state index contributed by atoms with van der Waals surface area (Å²) < 4.78 is 5.09. The largest absolute Gasteiger partial charge is 0.497 e. The Morgan fingerprint density at radius 3 is 2.23 bits per heavy atom. The van der Waals surface area contributed by atoms with Crippen molar-refractivity contribution < 1.29 is 14.3 Å². The zero-order chi connectivity index (χ0) is 15.9. The van der Waals surface area contributed by atoms with Crippen LogP contribution in [0.25, 0.3) is 0 Å². The van der Waals surface area contributed by atoms with Gasteiger partial charge >= 0.3 is 0 Å². The summed E-state index contributed by atoms with van der Waals surface area (Å²) in [5, 5.41) is 2.81. The molecular formula is C17H17NO3S. The number of anilines is 1. The minimum Gasteiger partial charge on any atom is -0.497 e. The molecular weight excluding hydrogens is 298 g/mol. The van der Waals surface area contributed by atoms with Crippen LogP contribution in [0.1, 0.15) is 17.3 Å². The zero-order valence-electron chi connectivity index (χ0n) is 12.5. The van der Waals surface area contributed by atoms with Gasteiger partial charge in [-0.15, -0.1) is 11.8 Å². The summed E-state index contributed by atoms with van der Waals surface area (Å²) in [6.45, 7) is 1.51. The molecule has 22 heavy (non-hydrogen) atoms. The van der Waals surface area contributed by atoms with E-state index in [9.17, 15) is 9.59 Å². The summed E-state index contributed by atoms with van der Waals surface area (Å²) in [5.74, 6) is 1.03. The van der Waals surface area contributed by atoms with Crippen molar-refractivity contribution in [3.63, 3.8) is 0 Å². The Morgan fingerprint density at radius 2 is 1.68 bits per heavy atom. The smallest absolute Gasteiger partial charge is 0.234 e. The summed E-state index contributed by atoms with van der Waals surface area (Å²) in [5.41, 5.74) is 1.32. The summed E-state index contributed by atoms with van der Waals surface area (Å²) in [6.07, 6.45) is 0. The topological polar surface area (TPSA) is 55.4 Å². The lowest BCUT2D eigenvalue weighted by Crippen LogP contribution is -2.14. The molecule has 0 heterocycles. The molecule has 2 rings (SSSR count). The Kier molecular flexibility index (Phi) is 5.61. The monoisotopic (exact) mass is 315 g/mol. The Morgan fingerprint density at radius 1 is 1.05 bits per heavy atom. The van der Waals surface area contributed by atoms with Crippen LogP contribution < -0.4 is 10.1 Å². The number of hydrogen-bond donors (Lipinski definition) is 1. The molecule has 4 nitrogen and oxygen atoms in total. The molecule has 0 aromatic heterocycles. The molecule has 0 saturated heterocycles. The first-order valence-electron chi connectivity index (χ1n) is 6.76. The molecule has 0 aliphatic heterocycles. The Balaban J connectivity index is 1.85. The molecule has 0 aliphatic rings. The number of carbonyl (C=O) groups is 2. The number of methoxy groups -OCH3 is 1. The molecule has 0 atom stereocenters. The fourth-order valence-electron chi connectivity index (χ4n) is 1.81. The molecule has 1 N–H and O–H groups in total. The third-order valence-corrected chi connectivity index (χ3v) is 4.02. The second kappa shape index (κ2) is 7.66. The van der Waals surface area contributed by atoms with Crippen LogP contribution in [0.4, 0.5) is 5.69 Å². The second-order valence-electron chi connectivity index (χ2n) is 4.65. The molecule has 1 amide bonds.